The first kappa shape index (κ1) is 16.5. The molecule has 0 radical (unpaired) electrons. The van der Waals surface area contributed by atoms with Crippen LogP contribution in [0.2, 0.25) is 0 Å². The average Bonchev–Trinajstić information content (AvgIpc) is 2.35. The second kappa shape index (κ2) is 5.09. The molecule has 11 heteroatoms. The maximum Gasteiger partial charge on any atom is 0.534 e. The first-order chi connectivity index (χ1) is 9.92. The van der Waals surface area contributed by atoms with Crippen molar-refractivity contribution in [3.63, 3.8) is 0 Å². The fourth-order valence-corrected chi connectivity index (χ4v) is 2.69. The summed E-state index contributed by atoms with van der Waals surface area (Å²) in [6.07, 6.45) is 1.95. The molecule has 1 heterocycles. The number of halogens is 3. The number of rotatable bonds is 3. The normalized spacial score (nSPS) is 13.3. The molecule has 0 amide bonds. The minimum absolute atomic E-state index is 0.0854. The van der Waals surface area contributed by atoms with Gasteiger partial charge in [-0.2, -0.15) is 21.6 Å². The largest absolute Gasteiger partial charge is 0.534 e. The Morgan fingerprint density at radius 3 is 2.27 bits per heavy atom. The highest BCUT2D eigenvalue weighted by molar-refractivity contribution is 7.90. The molecule has 0 spiro atoms. The highest BCUT2D eigenvalue weighted by atomic mass is 32.2. The highest BCUT2D eigenvalue weighted by Gasteiger charge is 2.48. The lowest BCUT2D eigenvalue weighted by Crippen LogP contribution is -2.28. The zero-order valence-corrected chi connectivity index (χ0v) is 12.5. The highest BCUT2D eigenvalue weighted by Crippen LogP contribution is 2.31. The van der Waals surface area contributed by atoms with Crippen molar-refractivity contribution in [1.82, 2.24) is 4.98 Å². The fourth-order valence-electron chi connectivity index (χ4n) is 1.57. The number of alkyl halides is 3. The van der Waals surface area contributed by atoms with E-state index in [0.717, 1.165) is 24.6 Å². The molecular weight excluding hydrogens is 347 g/mol. The molecule has 1 aromatic heterocycles. The van der Waals surface area contributed by atoms with Gasteiger partial charge in [0, 0.05) is 23.9 Å². The van der Waals surface area contributed by atoms with Crippen LogP contribution in [-0.2, 0) is 20.0 Å². The second-order valence-electron chi connectivity index (χ2n) is 4.24. The monoisotopic (exact) mass is 355 g/mol. The summed E-state index contributed by atoms with van der Waals surface area (Å²) in [5, 5.41) is -0.168. The maximum atomic E-state index is 12.4. The van der Waals surface area contributed by atoms with E-state index in [4.69, 9.17) is 0 Å². The second-order valence-corrected chi connectivity index (χ2v) is 7.80. The molecule has 0 unspecified atom stereocenters. The quantitative estimate of drug-likeness (QED) is 0.617. The molecule has 0 saturated carbocycles. The molecule has 22 heavy (non-hydrogen) atoms. The Labute approximate surface area is 123 Å². The number of hydrogen-bond acceptors (Lipinski definition) is 6. The minimum Gasteiger partial charge on any atom is -0.375 e. The molecule has 0 bridgehead atoms. The molecule has 0 fully saturated rings. The zero-order chi connectivity index (χ0) is 16.8. The predicted octanol–water partition coefficient (Wildman–Crippen LogP) is 1.87. The summed E-state index contributed by atoms with van der Waals surface area (Å²) < 4.78 is 86.2. The van der Waals surface area contributed by atoms with E-state index in [2.05, 4.69) is 9.17 Å². The van der Waals surface area contributed by atoms with Gasteiger partial charge in [0.05, 0.1) is 10.4 Å². The van der Waals surface area contributed by atoms with E-state index in [9.17, 15) is 30.0 Å². The van der Waals surface area contributed by atoms with Gasteiger partial charge in [-0.3, -0.25) is 4.98 Å². The van der Waals surface area contributed by atoms with Crippen LogP contribution < -0.4 is 4.18 Å². The Hall–Kier alpha value is -1.88. The Morgan fingerprint density at radius 2 is 1.73 bits per heavy atom. The van der Waals surface area contributed by atoms with Gasteiger partial charge in [0.15, 0.2) is 15.6 Å². The SMILES string of the molecule is CS(=O)(=O)c1ccc2nccc(OS(=O)(=O)C(F)(F)F)c2c1. The molecule has 0 aliphatic heterocycles. The van der Waals surface area contributed by atoms with E-state index >= 15 is 0 Å². The van der Waals surface area contributed by atoms with E-state index in [-0.39, 0.29) is 15.8 Å². The third-order valence-electron chi connectivity index (χ3n) is 2.58. The van der Waals surface area contributed by atoms with Crippen molar-refractivity contribution in [1.29, 1.82) is 0 Å². The first-order valence-corrected chi connectivity index (χ1v) is 8.81. The molecule has 1 aromatic carbocycles. The van der Waals surface area contributed by atoms with E-state index in [1.165, 1.54) is 12.1 Å². The number of benzene rings is 1. The van der Waals surface area contributed by atoms with Crippen LogP contribution in [0.3, 0.4) is 0 Å². The van der Waals surface area contributed by atoms with E-state index in [1.54, 1.807) is 0 Å². The molecule has 0 aliphatic rings. The molecule has 0 saturated heterocycles. The molecule has 0 aliphatic carbocycles. The lowest BCUT2D eigenvalue weighted by molar-refractivity contribution is -0.0499. The molecule has 6 nitrogen and oxygen atoms in total. The van der Waals surface area contributed by atoms with Gasteiger partial charge in [0.1, 0.15) is 0 Å². The summed E-state index contributed by atoms with van der Waals surface area (Å²) in [6.45, 7) is 0. The molecular formula is C11H8F3NO5S2. The fraction of sp³-hybridized carbons (Fsp3) is 0.182. The van der Waals surface area contributed by atoms with Crippen molar-refractivity contribution < 1.29 is 34.2 Å². The lowest BCUT2D eigenvalue weighted by atomic mass is 10.2. The summed E-state index contributed by atoms with van der Waals surface area (Å²) >= 11 is 0. The van der Waals surface area contributed by atoms with Gasteiger partial charge in [0.2, 0.25) is 0 Å². The third-order valence-corrected chi connectivity index (χ3v) is 4.66. The number of pyridine rings is 1. The Bertz CT molecular complexity index is 936. The van der Waals surface area contributed by atoms with Gasteiger partial charge in [-0.15, -0.1) is 0 Å². The van der Waals surface area contributed by atoms with Gasteiger partial charge in [-0.25, -0.2) is 8.42 Å². The number of sulfone groups is 1. The van der Waals surface area contributed by atoms with Gasteiger partial charge in [-0.1, -0.05) is 0 Å². The van der Waals surface area contributed by atoms with Crippen LogP contribution in [0.25, 0.3) is 10.9 Å². The van der Waals surface area contributed by atoms with E-state index in [0.29, 0.717) is 0 Å². The minimum atomic E-state index is -5.87. The van der Waals surface area contributed by atoms with Crippen molar-refractivity contribution in [2.45, 2.75) is 10.4 Å². The zero-order valence-electron chi connectivity index (χ0n) is 10.8. The van der Waals surface area contributed by atoms with Crippen molar-refractivity contribution in [2.24, 2.45) is 0 Å². The van der Waals surface area contributed by atoms with Crippen molar-refractivity contribution in [3.8, 4) is 5.75 Å². The van der Waals surface area contributed by atoms with Crippen LogP contribution in [0.15, 0.2) is 35.4 Å². The molecule has 0 N–H and O–H groups in total. The Kier molecular flexibility index (Phi) is 3.81. The van der Waals surface area contributed by atoms with Crippen LogP contribution >= 0.6 is 0 Å². The van der Waals surface area contributed by atoms with Gasteiger partial charge >= 0.3 is 15.6 Å². The summed E-state index contributed by atoms with van der Waals surface area (Å²) in [4.78, 5) is 3.60. The van der Waals surface area contributed by atoms with Crippen molar-refractivity contribution in [3.05, 3.63) is 30.5 Å². The molecule has 0 atom stereocenters. The summed E-state index contributed by atoms with van der Waals surface area (Å²) in [6, 6.07) is 4.34. The maximum absolute atomic E-state index is 12.4. The molecule has 2 aromatic rings. The standard InChI is InChI=1S/C11H8F3NO5S2/c1-21(16,17)7-2-3-9-8(6-7)10(4-5-15-9)20-22(18,19)11(12,13)14/h2-6H,1H3. The topological polar surface area (TPSA) is 90.4 Å². The summed E-state index contributed by atoms with van der Waals surface area (Å²) in [5.41, 5.74) is -5.51. The number of hydrogen-bond donors (Lipinski definition) is 0. The van der Waals surface area contributed by atoms with Crippen molar-refractivity contribution in [2.75, 3.05) is 6.26 Å². The molecule has 120 valence electrons. The summed E-state index contributed by atoms with van der Waals surface area (Å²) in [7, 11) is -9.51. The lowest BCUT2D eigenvalue weighted by Gasteiger charge is -2.11. The Balaban J connectivity index is 2.65. The molecule has 2 rings (SSSR count). The van der Waals surface area contributed by atoms with Crippen LogP contribution in [0.5, 0.6) is 5.75 Å². The van der Waals surface area contributed by atoms with Gasteiger partial charge < -0.3 is 4.18 Å². The van der Waals surface area contributed by atoms with Crippen LogP contribution in [0, 0.1) is 0 Å². The van der Waals surface area contributed by atoms with E-state index < -0.39 is 31.2 Å². The summed E-state index contributed by atoms with van der Waals surface area (Å²) in [5.74, 6) is -0.659. The smallest absolute Gasteiger partial charge is 0.375 e. The third kappa shape index (κ3) is 3.14. The first-order valence-electron chi connectivity index (χ1n) is 5.51. The van der Waals surface area contributed by atoms with Gasteiger partial charge in [0.25, 0.3) is 0 Å². The number of nitrogens with zero attached hydrogens (tertiary/aromatic N) is 1. The number of aromatic nitrogens is 1. The van der Waals surface area contributed by atoms with Gasteiger partial charge in [-0.05, 0) is 18.2 Å². The van der Waals surface area contributed by atoms with Crippen LogP contribution in [0.1, 0.15) is 0 Å². The van der Waals surface area contributed by atoms with E-state index in [1.807, 2.05) is 0 Å². The van der Waals surface area contributed by atoms with Crippen LogP contribution in [0.4, 0.5) is 13.2 Å². The Morgan fingerprint density at radius 1 is 1.09 bits per heavy atom. The number of fused-ring (bicyclic) bond motifs is 1. The predicted molar refractivity (Wildman–Crippen MR) is 70.5 cm³/mol. The average molecular weight is 355 g/mol. The van der Waals surface area contributed by atoms with Crippen LogP contribution in [-0.4, -0.2) is 33.6 Å². The van der Waals surface area contributed by atoms with Crippen molar-refractivity contribution >= 4 is 30.9 Å².